The monoisotopic (exact) mass is 352 g/mol. The number of nitro benzene ring substituents is 1. The molecule has 3 rings (SSSR count). The van der Waals surface area contributed by atoms with E-state index in [2.05, 4.69) is 4.98 Å². The van der Waals surface area contributed by atoms with E-state index in [-0.39, 0.29) is 18.7 Å². The van der Waals surface area contributed by atoms with Crippen molar-refractivity contribution >= 4 is 11.7 Å². The molecule has 0 aliphatic heterocycles. The summed E-state index contributed by atoms with van der Waals surface area (Å²) in [7, 11) is 0. The number of oxazole rings is 1. The molecule has 0 saturated heterocycles. The van der Waals surface area contributed by atoms with E-state index in [0.717, 1.165) is 5.56 Å². The minimum atomic E-state index is -0.499. The fraction of sp³-hybridized carbons (Fsp3) is 0.158. The predicted octanol–water partition coefficient (Wildman–Crippen LogP) is 3.93. The lowest BCUT2D eigenvalue weighted by Gasteiger charge is -2.05. The number of para-hydroxylation sites is 1. The number of aromatic nitrogens is 1. The minimum absolute atomic E-state index is 0.0690. The first-order valence-electron chi connectivity index (χ1n) is 8.01. The number of carbonyl (C=O) groups excluding carboxylic acids is 1. The lowest BCUT2D eigenvalue weighted by molar-refractivity contribution is -0.385. The third-order valence-electron chi connectivity index (χ3n) is 3.73. The van der Waals surface area contributed by atoms with E-state index >= 15 is 0 Å². The topological polar surface area (TPSA) is 95.5 Å². The highest BCUT2D eigenvalue weighted by molar-refractivity contribution is 5.69. The maximum atomic E-state index is 11.9. The number of nitrogens with zero attached hydrogens (tertiary/aromatic N) is 2. The Morgan fingerprint density at radius 1 is 1.12 bits per heavy atom. The molecule has 3 aromatic rings. The second-order valence-corrected chi connectivity index (χ2v) is 5.53. The van der Waals surface area contributed by atoms with Crippen LogP contribution in [0.1, 0.15) is 17.9 Å². The Morgan fingerprint density at radius 2 is 1.85 bits per heavy atom. The van der Waals surface area contributed by atoms with Gasteiger partial charge in [0, 0.05) is 18.1 Å². The molecular weight excluding hydrogens is 336 g/mol. The second kappa shape index (κ2) is 8.06. The highest BCUT2D eigenvalue weighted by atomic mass is 16.6. The van der Waals surface area contributed by atoms with E-state index in [9.17, 15) is 14.9 Å². The molecule has 1 heterocycles. The number of nitro groups is 1. The summed E-state index contributed by atoms with van der Waals surface area (Å²) in [6.07, 6.45) is 1.99. The van der Waals surface area contributed by atoms with Gasteiger partial charge in [0.1, 0.15) is 6.61 Å². The largest absolute Gasteiger partial charge is 0.461 e. The summed E-state index contributed by atoms with van der Waals surface area (Å²) in [5.74, 6) is 0.600. The van der Waals surface area contributed by atoms with E-state index in [1.54, 1.807) is 24.4 Å². The Balaban J connectivity index is 1.52. The quantitative estimate of drug-likeness (QED) is 0.363. The molecule has 0 spiro atoms. The summed E-state index contributed by atoms with van der Waals surface area (Å²) in [6.45, 7) is -0.142. The summed E-state index contributed by atoms with van der Waals surface area (Å²) in [4.78, 5) is 26.5. The Labute approximate surface area is 149 Å². The molecule has 0 fully saturated rings. The smallest absolute Gasteiger partial charge is 0.306 e. The standard InChI is InChI=1S/C19H16N2O5/c22-19(25-13-15-8-4-5-9-16(15)21(23)24)11-10-18-20-12-17(26-18)14-6-2-1-3-7-14/h1-9,12H,10-11,13H2. The zero-order valence-corrected chi connectivity index (χ0v) is 13.8. The van der Waals surface area contributed by atoms with E-state index < -0.39 is 10.9 Å². The number of aryl methyl sites for hydroxylation is 1. The van der Waals surface area contributed by atoms with Crippen LogP contribution in [-0.4, -0.2) is 15.9 Å². The first-order valence-corrected chi connectivity index (χ1v) is 8.01. The molecule has 26 heavy (non-hydrogen) atoms. The van der Waals surface area contributed by atoms with Gasteiger partial charge in [0.2, 0.25) is 0 Å². The molecule has 0 N–H and O–H groups in total. The predicted molar refractivity (Wildman–Crippen MR) is 93.2 cm³/mol. The van der Waals surface area contributed by atoms with Gasteiger partial charge in [-0.3, -0.25) is 14.9 Å². The van der Waals surface area contributed by atoms with Crippen LogP contribution in [0.5, 0.6) is 0 Å². The average molecular weight is 352 g/mol. The molecule has 0 radical (unpaired) electrons. The van der Waals surface area contributed by atoms with Gasteiger partial charge < -0.3 is 9.15 Å². The van der Waals surface area contributed by atoms with Crippen molar-refractivity contribution in [3.05, 3.63) is 82.4 Å². The van der Waals surface area contributed by atoms with Crippen molar-refractivity contribution in [1.82, 2.24) is 4.98 Å². The number of rotatable bonds is 7. The molecule has 0 unspecified atom stereocenters. The van der Waals surface area contributed by atoms with Crippen LogP contribution in [0.15, 0.2) is 65.2 Å². The first-order chi connectivity index (χ1) is 12.6. The molecule has 0 amide bonds. The van der Waals surface area contributed by atoms with Crippen LogP contribution >= 0.6 is 0 Å². The summed E-state index contributed by atoms with van der Waals surface area (Å²) < 4.78 is 10.7. The SMILES string of the molecule is O=C(CCc1ncc(-c2ccccc2)o1)OCc1ccccc1[N+](=O)[O-]. The van der Waals surface area contributed by atoms with Crippen LogP contribution < -0.4 is 0 Å². The summed E-state index contributed by atoms with van der Waals surface area (Å²) in [6, 6.07) is 15.7. The average Bonchev–Trinajstić information content (AvgIpc) is 3.14. The van der Waals surface area contributed by atoms with Crippen LogP contribution in [-0.2, 0) is 22.6 Å². The van der Waals surface area contributed by atoms with Gasteiger partial charge in [-0.25, -0.2) is 4.98 Å². The number of esters is 1. The zero-order valence-electron chi connectivity index (χ0n) is 13.8. The number of carbonyl (C=O) groups is 1. The van der Waals surface area contributed by atoms with Crippen molar-refractivity contribution in [3.8, 4) is 11.3 Å². The van der Waals surface area contributed by atoms with Gasteiger partial charge in [0.25, 0.3) is 5.69 Å². The molecule has 0 bridgehead atoms. The van der Waals surface area contributed by atoms with Crippen LogP contribution in [0.4, 0.5) is 5.69 Å². The second-order valence-electron chi connectivity index (χ2n) is 5.53. The van der Waals surface area contributed by atoms with Crippen LogP contribution in [0, 0.1) is 10.1 Å². The van der Waals surface area contributed by atoms with Crippen molar-refractivity contribution in [2.45, 2.75) is 19.4 Å². The van der Waals surface area contributed by atoms with Crippen molar-refractivity contribution in [2.75, 3.05) is 0 Å². The Kier molecular flexibility index (Phi) is 5.38. The van der Waals surface area contributed by atoms with Crippen molar-refractivity contribution < 1.29 is 18.9 Å². The molecule has 7 nitrogen and oxygen atoms in total. The van der Waals surface area contributed by atoms with E-state index in [1.807, 2.05) is 30.3 Å². The maximum Gasteiger partial charge on any atom is 0.306 e. The third-order valence-corrected chi connectivity index (χ3v) is 3.73. The van der Waals surface area contributed by atoms with E-state index in [4.69, 9.17) is 9.15 Å². The molecule has 0 aliphatic carbocycles. The van der Waals surface area contributed by atoms with Gasteiger partial charge in [-0.15, -0.1) is 0 Å². The van der Waals surface area contributed by atoms with Crippen molar-refractivity contribution in [2.24, 2.45) is 0 Å². The molecule has 132 valence electrons. The van der Waals surface area contributed by atoms with Gasteiger partial charge >= 0.3 is 5.97 Å². The van der Waals surface area contributed by atoms with E-state index in [0.29, 0.717) is 23.6 Å². The molecule has 7 heteroatoms. The van der Waals surface area contributed by atoms with E-state index in [1.165, 1.54) is 6.07 Å². The molecular formula is C19H16N2O5. The number of hydrogen-bond donors (Lipinski definition) is 0. The summed E-state index contributed by atoms with van der Waals surface area (Å²) >= 11 is 0. The Morgan fingerprint density at radius 3 is 2.62 bits per heavy atom. The number of hydrogen-bond acceptors (Lipinski definition) is 6. The Hall–Kier alpha value is -3.48. The highest BCUT2D eigenvalue weighted by Gasteiger charge is 2.15. The van der Waals surface area contributed by atoms with Gasteiger partial charge in [0.15, 0.2) is 11.7 Å². The van der Waals surface area contributed by atoms with Crippen LogP contribution in [0.25, 0.3) is 11.3 Å². The fourth-order valence-corrected chi connectivity index (χ4v) is 2.41. The molecule has 0 saturated carbocycles. The lowest BCUT2D eigenvalue weighted by atomic mass is 10.2. The Bertz CT molecular complexity index is 905. The zero-order chi connectivity index (χ0) is 18.4. The lowest BCUT2D eigenvalue weighted by Crippen LogP contribution is -2.07. The van der Waals surface area contributed by atoms with Gasteiger partial charge in [-0.05, 0) is 6.07 Å². The molecule has 0 atom stereocenters. The third kappa shape index (κ3) is 4.32. The highest BCUT2D eigenvalue weighted by Crippen LogP contribution is 2.21. The molecule has 1 aromatic heterocycles. The van der Waals surface area contributed by atoms with Crippen molar-refractivity contribution in [1.29, 1.82) is 0 Å². The van der Waals surface area contributed by atoms with Crippen LogP contribution in [0.2, 0.25) is 0 Å². The molecule has 0 aliphatic rings. The van der Waals surface area contributed by atoms with Crippen molar-refractivity contribution in [3.63, 3.8) is 0 Å². The first kappa shape index (κ1) is 17.3. The maximum absolute atomic E-state index is 11.9. The number of benzene rings is 2. The number of ether oxygens (including phenoxy) is 1. The van der Waals surface area contributed by atoms with Crippen LogP contribution in [0.3, 0.4) is 0 Å². The molecule has 2 aromatic carbocycles. The minimum Gasteiger partial charge on any atom is -0.461 e. The summed E-state index contributed by atoms with van der Waals surface area (Å²) in [5, 5.41) is 10.9. The van der Waals surface area contributed by atoms with Gasteiger partial charge in [-0.2, -0.15) is 0 Å². The fourth-order valence-electron chi connectivity index (χ4n) is 2.41. The van der Waals surface area contributed by atoms with Gasteiger partial charge in [0.05, 0.1) is 23.1 Å². The summed E-state index contributed by atoms with van der Waals surface area (Å²) in [5.41, 5.74) is 1.19. The van der Waals surface area contributed by atoms with Gasteiger partial charge in [-0.1, -0.05) is 42.5 Å². The normalized spacial score (nSPS) is 10.5.